The van der Waals surface area contributed by atoms with Crippen LogP contribution in [0, 0.1) is 12.3 Å². The molecule has 0 saturated carbocycles. The van der Waals surface area contributed by atoms with Gasteiger partial charge < -0.3 is 21.1 Å². The van der Waals surface area contributed by atoms with Crippen LogP contribution >= 0.6 is 0 Å². The molecule has 5 N–H and O–H groups in total. The molecule has 0 aliphatic carbocycles. The van der Waals surface area contributed by atoms with Crippen molar-refractivity contribution in [1.82, 2.24) is 15.0 Å². The fourth-order valence-corrected chi connectivity index (χ4v) is 2.41. The Morgan fingerprint density at radius 1 is 1.25 bits per heavy atom. The highest BCUT2D eigenvalue weighted by Crippen LogP contribution is 2.27. The summed E-state index contributed by atoms with van der Waals surface area (Å²) < 4.78 is 5.38. The van der Waals surface area contributed by atoms with Gasteiger partial charge in [-0.15, -0.1) is 0 Å². The van der Waals surface area contributed by atoms with E-state index in [1.807, 2.05) is 30.9 Å². The highest BCUT2D eigenvalue weighted by atomic mass is 16.5. The molecular formula is C16H23N7O. The lowest BCUT2D eigenvalue weighted by Crippen LogP contribution is -2.27. The van der Waals surface area contributed by atoms with E-state index in [9.17, 15) is 0 Å². The van der Waals surface area contributed by atoms with Crippen LogP contribution < -0.4 is 16.4 Å². The summed E-state index contributed by atoms with van der Waals surface area (Å²) in [5.41, 5.74) is 13.2. The fourth-order valence-electron chi connectivity index (χ4n) is 2.41. The molecule has 8 nitrogen and oxygen atoms in total. The maximum absolute atomic E-state index is 7.99. The molecule has 1 aliphatic heterocycles. The number of hydrogen-bond acceptors (Lipinski definition) is 8. The molecule has 0 saturated heterocycles. The lowest BCUT2D eigenvalue weighted by atomic mass is 10.2. The Bertz CT molecular complexity index is 732. The SMILES string of the molecule is CC.Cc1nc(N)c2c(n1)N(Cc1cccnc1N)CCOC2=N. The second-order valence-electron chi connectivity index (χ2n) is 5.00. The second kappa shape index (κ2) is 7.58. The summed E-state index contributed by atoms with van der Waals surface area (Å²) in [6, 6.07) is 3.75. The van der Waals surface area contributed by atoms with Crippen LogP contribution in [0.4, 0.5) is 17.5 Å². The van der Waals surface area contributed by atoms with Crippen LogP contribution in [0.1, 0.15) is 30.8 Å². The zero-order valence-corrected chi connectivity index (χ0v) is 14.2. The van der Waals surface area contributed by atoms with Gasteiger partial charge in [0.2, 0.25) is 5.90 Å². The molecule has 0 spiro atoms. The van der Waals surface area contributed by atoms with E-state index in [0.717, 1.165) is 5.56 Å². The van der Waals surface area contributed by atoms with E-state index in [4.69, 9.17) is 21.6 Å². The number of nitrogens with one attached hydrogen (secondary N) is 1. The molecule has 3 heterocycles. The molecule has 0 amide bonds. The van der Waals surface area contributed by atoms with Gasteiger partial charge in [-0.25, -0.2) is 15.0 Å². The Hall–Kier alpha value is -2.90. The van der Waals surface area contributed by atoms with Crippen LogP contribution in [-0.4, -0.2) is 34.0 Å². The molecule has 0 fully saturated rings. The minimum Gasteiger partial charge on any atom is -0.476 e. The molecule has 0 atom stereocenters. The summed E-state index contributed by atoms with van der Waals surface area (Å²) in [5, 5.41) is 7.99. The first-order chi connectivity index (χ1) is 11.6. The number of aryl methyl sites for hydroxylation is 1. The number of anilines is 3. The molecule has 1 aliphatic rings. The highest BCUT2D eigenvalue weighted by molar-refractivity contribution is 6.01. The number of pyridine rings is 1. The van der Waals surface area contributed by atoms with E-state index in [-0.39, 0.29) is 11.7 Å². The lowest BCUT2D eigenvalue weighted by molar-refractivity contribution is 0.314. The second-order valence-corrected chi connectivity index (χ2v) is 5.00. The van der Waals surface area contributed by atoms with Crippen LogP contribution in [0.5, 0.6) is 0 Å². The van der Waals surface area contributed by atoms with Gasteiger partial charge in [0.05, 0.1) is 6.54 Å². The van der Waals surface area contributed by atoms with Crippen molar-refractivity contribution in [2.24, 2.45) is 0 Å². The van der Waals surface area contributed by atoms with Gasteiger partial charge in [-0.1, -0.05) is 19.9 Å². The van der Waals surface area contributed by atoms with Crippen molar-refractivity contribution in [3.05, 3.63) is 35.3 Å². The number of hydrogen-bond donors (Lipinski definition) is 3. The molecule has 128 valence electrons. The zero-order chi connectivity index (χ0) is 17.7. The topological polar surface area (TPSA) is 127 Å². The molecule has 2 aromatic rings. The van der Waals surface area contributed by atoms with Crippen molar-refractivity contribution in [2.75, 3.05) is 29.5 Å². The summed E-state index contributed by atoms with van der Waals surface area (Å²) in [6.45, 7) is 7.22. The van der Waals surface area contributed by atoms with Crippen LogP contribution in [-0.2, 0) is 11.3 Å². The van der Waals surface area contributed by atoms with Gasteiger partial charge in [0.1, 0.15) is 35.4 Å². The van der Waals surface area contributed by atoms with Crippen LogP contribution in [0.2, 0.25) is 0 Å². The Morgan fingerprint density at radius 3 is 2.71 bits per heavy atom. The van der Waals surface area contributed by atoms with Crippen molar-refractivity contribution in [3.8, 4) is 0 Å². The molecule has 0 aromatic carbocycles. The first-order valence-corrected chi connectivity index (χ1v) is 7.86. The number of fused-ring (bicyclic) bond motifs is 1. The average molecular weight is 329 g/mol. The smallest absolute Gasteiger partial charge is 0.220 e. The normalized spacial score (nSPS) is 13.3. The summed E-state index contributed by atoms with van der Waals surface area (Å²) >= 11 is 0. The summed E-state index contributed by atoms with van der Waals surface area (Å²) in [7, 11) is 0. The van der Waals surface area contributed by atoms with Crippen molar-refractivity contribution >= 4 is 23.4 Å². The fraction of sp³-hybridized carbons (Fsp3) is 0.375. The summed E-state index contributed by atoms with van der Waals surface area (Å²) in [5.74, 6) is 1.86. The highest BCUT2D eigenvalue weighted by Gasteiger charge is 2.25. The number of aromatic nitrogens is 3. The van der Waals surface area contributed by atoms with E-state index in [2.05, 4.69) is 15.0 Å². The molecule has 2 aromatic heterocycles. The van der Waals surface area contributed by atoms with Crippen LogP contribution in [0.3, 0.4) is 0 Å². The molecule has 0 unspecified atom stereocenters. The first-order valence-electron chi connectivity index (χ1n) is 7.86. The standard InChI is InChI=1S/C14H17N7O.C2H6/c1-8-19-12(16)10-13(17)22-6-5-21(14(10)20-8)7-9-3-2-4-18-11(9)15;1-2/h2-4,17H,5-7H2,1H3,(H2,15,18)(H2,16,19,20);1-2H3. The summed E-state index contributed by atoms with van der Waals surface area (Å²) in [4.78, 5) is 14.6. The molecule has 0 bridgehead atoms. The van der Waals surface area contributed by atoms with E-state index >= 15 is 0 Å². The third-order valence-electron chi connectivity index (χ3n) is 3.45. The monoisotopic (exact) mass is 329 g/mol. The number of nitrogens with zero attached hydrogens (tertiary/aromatic N) is 4. The maximum atomic E-state index is 7.99. The zero-order valence-electron chi connectivity index (χ0n) is 14.2. The van der Waals surface area contributed by atoms with E-state index in [1.165, 1.54) is 0 Å². The third-order valence-corrected chi connectivity index (χ3v) is 3.45. The minimum atomic E-state index is -0.00541. The number of nitrogen functional groups attached to an aromatic ring is 2. The number of rotatable bonds is 2. The molecule has 0 radical (unpaired) electrons. The van der Waals surface area contributed by atoms with Crippen molar-refractivity contribution < 1.29 is 4.74 Å². The van der Waals surface area contributed by atoms with Gasteiger partial charge in [-0.3, -0.25) is 5.41 Å². The largest absolute Gasteiger partial charge is 0.476 e. The van der Waals surface area contributed by atoms with Gasteiger partial charge in [0.15, 0.2) is 0 Å². The van der Waals surface area contributed by atoms with E-state index < -0.39 is 0 Å². The third kappa shape index (κ3) is 3.53. The van der Waals surface area contributed by atoms with Crippen molar-refractivity contribution in [2.45, 2.75) is 27.3 Å². The minimum absolute atomic E-state index is 0.00541. The lowest BCUT2D eigenvalue weighted by Gasteiger charge is -2.23. The Morgan fingerprint density at radius 2 is 2.00 bits per heavy atom. The maximum Gasteiger partial charge on any atom is 0.220 e. The van der Waals surface area contributed by atoms with E-state index in [1.54, 1.807) is 13.1 Å². The first kappa shape index (κ1) is 17.5. The molecule has 8 heteroatoms. The molecular weight excluding hydrogens is 306 g/mol. The number of nitrogens with two attached hydrogens (primary N) is 2. The van der Waals surface area contributed by atoms with E-state index in [0.29, 0.717) is 42.7 Å². The van der Waals surface area contributed by atoms with Gasteiger partial charge in [-0.05, 0) is 13.0 Å². The molecule has 3 rings (SSSR count). The van der Waals surface area contributed by atoms with Gasteiger partial charge in [0, 0.05) is 18.3 Å². The average Bonchev–Trinajstić information content (AvgIpc) is 2.71. The van der Waals surface area contributed by atoms with Crippen LogP contribution in [0.15, 0.2) is 18.3 Å². The quantitative estimate of drug-likeness (QED) is 0.765. The Balaban J connectivity index is 0.00000100. The van der Waals surface area contributed by atoms with Gasteiger partial charge >= 0.3 is 0 Å². The Kier molecular flexibility index (Phi) is 5.51. The predicted molar refractivity (Wildman–Crippen MR) is 95.0 cm³/mol. The van der Waals surface area contributed by atoms with Crippen molar-refractivity contribution in [3.63, 3.8) is 0 Å². The predicted octanol–water partition coefficient (Wildman–Crippen LogP) is 1.73. The van der Waals surface area contributed by atoms with Gasteiger partial charge in [-0.2, -0.15) is 0 Å². The van der Waals surface area contributed by atoms with Crippen LogP contribution in [0.25, 0.3) is 0 Å². The number of ether oxygens (including phenoxy) is 1. The van der Waals surface area contributed by atoms with Crippen molar-refractivity contribution in [1.29, 1.82) is 5.41 Å². The Labute approximate surface area is 141 Å². The molecule has 24 heavy (non-hydrogen) atoms. The summed E-state index contributed by atoms with van der Waals surface area (Å²) in [6.07, 6.45) is 1.65. The van der Waals surface area contributed by atoms with Gasteiger partial charge in [0.25, 0.3) is 0 Å².